The Labute approximate surface area is 113 Å². The highest BCUT2D eigenvalue weighted by Crippen LogP contribution is 2.31. The molecule has 0 unspecified atom stereocenters. The van der Waals surface area contributed by atoms with E-state index in [1.165, 1.54) is 6.92 Å². The predicted octanol–water partition coefficient (Wildman–Crippen LogP) is 0.0861. The van der Waals surface area contributed by atoms with Gasteiger partial charge in [0.25, 0.3) is 0 Å². The van der Waals surface area contributed by atoms with Gasteiger partial charge in [0.1, 0.15) is 0 Å². The molecule has 1 heterocycles. The molecule has 0 aromatic carbocycles. The molecule has 2 N–H and O–H groups in total. The number of carbonyl (C=O) groups is 2. The largest absolute Gasteiger partial charge is 0.464 e. The Morgan fingerprint density at radius 2 is 1.95 bits per heavy atom. The molecule has 5 atom stereocenters. The summed E-state index contributed by atoms with van der Waals surface area (Å²) in [6.07, 6.45) is -1.29. The van der Waals surface area contributed by atoms with Gasteiger partial charge >= 0.3 is 5.97 Å². The Hall–Kier alpha value is -1.14. The predicted molar refractivity (Wildman–Crippen MR) is 68.3 cm³/mol. The van der Waals surface area contributed by atoms with E-state index in [2.05, 4.69) is 5.32 Å². The maximum Gasteiger partial charge on any atom is 0.337 e. The van der Waals surface area contributed by atoms with Crippen LogP contribution in [0.15, 0.2) is 0 Å². The number of hydrogen-bond donors (Lipinski definition) is 2. The molecule has 110 valence electrons. The molecule has 6 heteroatoms. The van der Waals surface area contributed by atoms with E-state index >= 15 is 0 Å². The molecule has 0 bridgehead atoms. The number of rotatable bonds is 4. The summed E-state index contributed by atoms with van der Waals surface area (Å²) >= 11 is 0. The van der Waals surface area contributed by atoms with Crippen molar-refractivity contribution in [3.05, 3.63) is 0 Å². The van der Waals surface area contributed by atoms with Crippen LogP contribution in [0, 0.1) is 11.8 Å². The zero-order valence-corrected chi connectivity index (χ0v) is 11.9. The molecular weight excluding hydrogens is 250 g/mol. The minimum Gasteiger partial charge on any atom is -0.464 e. The molecule has 0 saturated carbocycles. The van der Waals surface area contributed by atoms with Gasteiger partial charge in [-0.2, -0.15) is 0 Å². The Morgan fingerprint density at radius 3 is 2.42 bits per heavy atom. The van der Waals surface area contributed by atoms with Gasteiger partial charge in [-0.15, -0.1) is 0 Å². The maximum absolute atomic E-state index is 11.9. The third kappa shape index (κ3) is 3.67. The van der Waals surface area contributed by atoms with Crippen molar-refractivity contribution < 1.29 is 24.2 Å². The highest BCUT2D eigenvalue weighted by molar-refractivity contribution is 5.78. The van der Waals surface area contributed by atoms with Crippen molar-refractivity contribution in [2.24, 2.45) is 11.8 Å². The summed E-state index contributed by atoms with van der Waals surface area (Å²) in [5, 5.41) is 12.1. The Morgan fingerprint density at radius 1 is 1.32 bits per heavy atom. The molecule has 0 radical (unpaired) electrons. The van der Waals surface area contributed by atoms with Crippen LogP contribution in [0.4, 0.5) is 0 Å². The highest BCUT2D eigenvalue weighted by atomic mass is 16.6. The number of hydrogen-bond acceptors (Lipinski definition) is 5. The van der Waals surface area contributed by atoms with Gasteiger partial charge in [-0.3, -0.25) is 4.79 Å². The third-order valence-electron chi connectivity index (χ3n) is 3.70. The molecule has 0 spiro atoms. The Bertz CT molecular complexity index is 333. The van der Waals surface area contributed by atoms with E-state index in [-0.39, 0.29) is 31.0 Å². The van der Waals surface area contributed by atoms with Crippen LogP contribution in [0.1, 0.15) is 27.7 Å². The summed E-state index contributed by atoms with van der Waals surface area (Å²) < 4.78 is 10.6. The van der Waals surface area contributed by atoms with Gasteiger partial charge in [0.15, 0.2) is 6.10 Å². The first kappa shape index (κ1) is 15.9. The van der Waals surface area contributed by atoms with Crippen LogP contribution in [0.3, 0.4) is 0 Å². The monoisotopic (exact) mass is 273 g/mol. The number of aliphatic hydroxyl groups excluding tert-OH is 1. The Balaban J connectivity index is 2.92. The summed E-state index contributed by atoms with van der Waals surface area (Å²) in [7, 11) is 0. The van der Waals surface area contributed by atoms with Crippen molar-refractivity contribution >= 4 is 11.9 Å². The van der Waals surface area contributed by atoms with Crippen molar-refractivity contribution in [1.82, 2.24) is 5.32 Å². The first-order valence-electron chi connectivity index (χ1n) is 6.62. The molecule has 19 heavy (non-hydrogen) atoms. The van der Waals surface area contributed by atoms with Crippen LogP contribution in [-0.4, -0.2) is 48.4 Å². The summed E-state index contributed by atoms with van der Waals surface area (Å²) in [5.74, 6) is -0.681. The lowest BCUT2D eigenvalue weighted by Crippen LogP contribution is -2.60. The molecule has 1 saturated heterocycles. The van der Waals surface area contributed by atoms with Crippen molar-refractivity contribution in [2.75, 3.05) is 13.2 Å². The van der Waals surface area contributed by atoms with Crippen LogP contribution in [0.5, 0.6) is 0 Å². The van der Waals surface area contributed by atoms with E-state index in [0.717, 1.165) is 0 Å². The number of esters is 1. The molecule has 1 amide bonds. The lowest BCUT2D eigenvalue weighted by Gasteiger charge is -2.43. The minimum atomic E-state index is -0.868. The van der Waals surface area contributed by atoms with E-state index in [1.807, 2.05) is 13.8 Å². The zero-order chi connectivity index (χ0) is 14.6. The van der Waals surface area contributed by atoms with Crippen LogP contribution in [0.25, 0.3) is 0 Å². The van der Waals surface area contributed by atoms with E-state index in [1.54, 1.807) is 6.92 Å². The van der Waals surface area contributed by atoms with Gasteiger partial charge in [0, 0.05) is 6.92 Å². The minimum absolute atomic E-state index is 0.00389. The molecular formula is C13H23NO5. The fourth-order valence-corrected chi connectivity index (χ4v) is 2.42. The van der Waals surface area contributed by atoms with Crippen LogP contribution in [0.2, 0.25) is 0 Å². The molecule has 0 aromatic heterocycles. The lowest BCUT2D eigenvalue weighted by molar-refractivity contribution is -0.183. The quantitative estimate of drug-likeness (QED) is 0.709. The van der Waals surface area contributed by atoms with E-state index in [4.69, 9.17) is 9.47 Å². The standard InChI is InChI=1S/C13H23NO5/c1-5-18-13(17)12-11(14-9(4)16)8(3)7(2)10(6-15)19-12/h7-8,10-12,15H,5-6H2,1-4H3,(H,14,16)/t7-,8-,10+,11+,12+/m0/s1. The topological polar surface area (TPSA) is 84.9 Å². The maximum atomic E-state index is 11.9. The second-order valence-electron chi connectivity index (χ2n) is 4.97. The number of nitrogens with one attached hydrogen (secondary N) is 1. The van der Waals surface area contributed by atoms with E-state index in [9.17, 15) is 14.7 Å². The van der Waals surface area contributed by atoms with Gasteiger partial charge in [-0.05, 0) is 18.8 Å². The van der Waals surface area contributed by atoms with Gasteiger partial charge in [0.2, 0.25) is 5.91 Å². The SMILES string of the molecule is CCOC(=O)[C@@H]1O[C@H](CO)[C@@H](C)[C@H](C)[C@H]1NC(C)=O. The van der Waals surface area contributed by atoms with E-state index in [0.29, 0.717) is 0 Å². The van der Waals surface area contributed by atoms with Gasteiger partial charge in [0.05, 0.1) is 25.4 Å². The van der Waals surface area contributed by atoms with Crippen molar-refractivity contribution in [1.29, 1.82) is 0 Å². The number of carbonyl (C=O) groups excluding carboxylic acids is 2. The van der Waals surface area contributed by atoms with Crippen LogP contribution >= 0.6 is 0 Å². The fourth-order valence-electron chi connectivity index (χ4n) is 2.42. The van der Waals surface area contributed by atoms with Crippen LogP contribution < -0.4 is 5.32 Å². The lowest BCUT2D eigenvalue weighted by atomic mass is 9.79. The van der Waals surface area contributed by atoms with Crippen molar-refractivity contribution in [3.8, 4) is 0 Å². The molecule has 1 aliphatic heterocycles. The van der Waals surface area contributed by atoms with Crippen molar-refractivity contribution in [3.63, 3.8) is 0 Å². The van der Waals surface area contributed by atoms with Gasteiger partial charge < -0.3 is 19.9 Å². The summed E-state index contributed by atoms with van der Waals surface area (Å²) in [6.45, 7) is 7.07. The molecule has 1 aliphatic rings. The molecule has 0 aliphatic carbocycles. The first-order chi connectivity index (χ1) is 8.92. The average molecular weight is 273 g/mol. The normalized spacial score (nSPS) is 34.7. The van der Waals surface area contributed by atoms with Crippen LogP contribution in [-0.2, 0) is 19.1 Å². The van der Waals surface area contributed by atoms with E-state index < -0.39 is 24.2 Å². The zero-order valence-electron chi connectivity index (χ0n) is 11.9. The van der Waals surface area contributed by atoms with Crippen molar-refractivity contribution in [2.45, 2.75) is 45.9 Å². The number of aliphatic hydroxyl groups is 1. The molecule has 0 aromatic rings. The second kappa shape index (κ2) is 6.86. The summed E-state index contributed by atoms with van der Waals surface area (Å²) in [4.78, 5) is 23.2. The molecule has 1 rings (SSSR count). The highest BCUT2D eigenvalue weighted by Gasteiger charge is 2.45. The Kier molecular flexibility index (Phi) is 5.75. The van der Waals surface area contributed by atoms with Gasteiger partial charge in [-0.1, -0.05) is 13.8 Å². The molecule has 1 fully saturated rings. The number of ether oxygens (including phenoxy) is 2. The smallest absolute Gasteiger partial charge is 0.337 e. The summed E-state index contributed by atoms with van der Waals surface area (Å²) in [6, 6.07) is -0.436. The molecule has 6 nitrogen and oxygen atoms in total. The second-order valence-corrected chi connectivity index (χ2v) is 4.97. The average Bonchev–Trinajstić information content (AvgIpc) is 2.35. The number of amides is 1. The van der Waals surface area contributed by atoms with Gasteiger partial charge in [-0.25, -0.2) is 4.79 Å². The first-order valence-corrected chi connectivity index (χ1v) is 6.62. The summed E-state index contributed by atoms with van der Waals surface area (Å²) in [5.41, 5.74) is 0. The third-order valence-corrected chi connectivity index (χ3v) is 3.70. The fraction of sp³-hybridized carbons (Fsp3) is 0.846.